The van der Waals surface area contributed by atoms with Crippen LogP contribution in [0.4, 0.5) is 52.7 Å². The number of halogens is 12. The molecule has 0 saturated heterocycles. The normalized spacial score (nSPS) is 20.1. The first-order chi connectivity index (χ1) is 9.86. The minimum atomic E-state index is -7.22. The molecule has 0 spiro atoms. The number of alkyl halides is 12. The molecule has 0 N–H and O–H groups in total. The van der Waals surface area contributed by atoms with Gasteiger partial charge in [0.15, 0.2) is 0 Å². The van der Waals surface area contributed by atoms with Crippen molar-refractivity contribution in [2.24, 2.45) is 0 Å². The highest BCUT2D eigenvalue weighted by atomic mass is 19.4. The van der Waals surface area contributed by atoms with E-state index in [1.54, 1.807) is 0 Å². The zero-order valence-corrected chi connectivity index (χ0v) is 11.3. The maximum atomic E-state index is 13.7. The molecule has 0 aromatic carbocycles. The second kappa shape index (κ2) is 6.20. The van der Waals surface area contributed by atoms with Crippen LogP contribution in [-0.2, 0) is 4.74 Å². The zero-order chi connectivity index (χ0) is 19.1. The van der Waals surface area contributed by atoms with Gasteiger partial charge in [-0.05, 0) is 13.3 Å². The molecule has 0 saturated carbocycles. The smallest absolute Gasteiger partial charge is 0.334 e. The lowest BCUT2D eigenvalue weighted by Crippen LogP contribution is -2.69. The number of hydrogen-bond acceptors (Lipinski definition) is 1. The molecule has 0 rings (SSSR count). The Morgan fingerprint density at radius 2 is 1.09 bits per heavy atom. The Morgan fingerprint density at radius 1 is 0.739 bits per heavy atom. The summed E-state index contributed by atoms with van der Waals surface area (Å²) in [5.74, 6) is -6.16. The average molecular weight is 374 g/mol. The summed E-state index contributed by atoms with van der Waals surface area (Å²) in [7, 11) is 0. The van der Waals surface area contributed by atoms with E-state index in [4.69, 9.17) is 0 Å². The van der Waals surface area contributed by atoms with Crippen LogP contribution < -0.4 is 0 Å². The third-order valence-corrected chi connectivity index (χ3v) is 2.83. The fraction of sp³-hybridized carbons (Fsp3) is 1.00. The Morgan fingerprint density at radius 3 is 1.30 bits per heavy atom. The van der Waals surface area contributed by atoms with Gasteiger partial charge in [0.05, 0.1) is 6.10 Å². The largest absolute Gasteiger partial charge is 0.451 e. The molecule has 0 aliphatic rings. The molecular formula is C10H10F12O. The summed E-state index contributed by atoms with van der Waals surface area (Å²) in [5, 5.41) is 0. The number of rotatable bonds is 5. The van der Waals surface area contributed by atoms with E-state index in [0.717, 1.165) is 6.92 Å². The van der Waals surface area contributed by atoms with E-state index in [1.807, 2.05) is 0 Å². The average Bonchev–Trinajstić information content (AvgIpc) is 2.32. The Balaban J connectivity index is 6.27. The predicted molar refractivity (Wildman–Crippen MR) is 51.6 cm³/mol. The molecule has 0 fully saturated rings. The molecule has 0 radical (unpaired) electrons. The minimum Gasteiger partial charge on any atom is -0.334 e. The molecule has 1 nitrogen and oxygen atoms in total. The summed E-state index contributed by atoms with van der Waals surface area (Å²) in [4.78, 5) is 0. The van der Waals surface area contributed by atoms with Crippen LogP contribution in [0.2, 0.25) is 0 Å². The van der Waals surface area contributed by atoms with Gasteiger partial charge in [-0.3, -0.25) is 0 Å². The fourth-order valence-corrected chi connectivity index (χ4v) is 1.35. The van der Waals surface area contributed by atoms with E-state index >= 15 is 0 Å². The molecule has 0 bridgehead atoms. The predicted octanol–water partition coefficient (Wildman–Crippen LogP) is 5.20. The molecule has 3 atom stereocenters. The van der Waals surface area contributed by atoms with E-state index in [1.165, 1.54) is 0 Å². The monoisotopic (exact) mass is 374 g/mol. The van der Waals surface area contributed by atoms with Gasteiger partial charge >= 0.3 is 30.1 Å². The highest BCUT2D eigenvalue weighted by Crippen LogP contribution is 2.55. The van der Waals surface area contributed by atoms with Crippen molar-refractivity contribution >= 4 is 0 Å². The first-order valence-electron chi connectivity index (χ1n) is 5.76. The zero-order valence-electron chi connectivity index (χ0n) is 11.3. The van der Waals surface area contributed by atoms with Crippen molar-refractivity contribution in [2.75, 3.05) is 0 Å². The first kappa shape index (κ1) is 22.1. The lowest BCUT2D eigenvalue weighted by molar-refractivity contribution is -0.424. The molecule has 0 amide bonds. The van der Waals surface area contributed by atoms with Gasteiger partial charge in [-0.25, -0.2) is 8.78 Å². The molecule has 0 aliphatic carbocycles. The summed E-state index contributed by atoms with van der Waals surface area (Å²) >= 11 is 0. The van der Waals surface area contributed by atoms with Crippen molar-refractivity contribution in [3.63, 3.8) is 0 Å². The molecule has 0 heterocycles. The first-order valence-corrected chi connectivity index (χ1v) is 5.76. The second-order valence-electron chi connectivity index (χ2n) is 4.55. The Labute approximate surface area is 121 Å². The lowest BCUT2D eigenvalue weighted by Gasteiger charge is -2.40. The van der Waals surface area contributed by atoms with E-state index in [0.29, 0.717) is 6.92 Å². The van der Waals surface area contributed by atoms with E-state index in [2.05, 4.69) is 4.74 Å². The summed E-state index contributed by atoms with van der Waals surface area (Å²) in [5.41, 5.74) is -7.13. The summed E-state index contributed by atoms with van der Waals surface area (Å²) < 4.78 is 155. The van der Waals surface area contributed by atoms with Gasteiger partial charge in [0, 0.05) is 0 Å². The topological polar surface area (TPSA) is 9.23 Å². The minimum absolute atomic E-state index is 0.536. The summed E-state index contributed by atoms with van der Waals surface area (Å²) in [6.45, 7) is 1.64. The van der Waals surface area contributed by atoms with E-state index < -0.39 is 48.7 Å². The van der Waals surface area contributed by atoms with Crippen LogP contribution in [0.25, 0.3) is 0 Å². The van der Waals surface area contributed by atoms with Crippen LogP contribution >= 0.6 is 0 Å². The fourth-order valence-electron chi connectivity index (χ4n) is 1.35. The van der Waals surface area contributed by atoms with Gasteiger partial charge in [0.1, 0.15) is 0 Å². The Hall–Kier alpha value is -0.880. The SMILES string of the molecule is CCC(C)OC(F)(C(F)C(F)(C(F)(F)F)C(F)(F)F)C(F)(F)F. The highest BCUT2D eigenvalue weighted by molar-refractivity contribution is 5.08. The van der Waals surface area contributed by atoms with Gasteiger partial charge in [0.25, 0.3) is 0 Å². The van der Waals surface area contributed by atoms with Crippen LogP contribution in [0.15, 0.2) is 0 Å². The second-order valence-corrected chi connectivity index (χ2v) is 4.55. The van der Waals surface area contributed by atoms with Gasteiger partial charge in [-0.2, -0.15) is 43.9 Å². The lowest BCUT2D eigenvalue weighted by atomic mass is 9.92. The van der Waals surface area contributed by atoms with E-state index in [-0.39, 0.29) is 0 Å². The van der Waals surface area contributed by atoms with Gasteiger partial charge < -0.3 is 4.74 Å². The van der Waals surface area contributed by atoms with Gasteiger partial charge in [-0.15, -0.1) is 0 Å². The maximum absolute atomic E-state index is 13.7. The van der Waals surface area contributed by atoms with Gasteiger partial charge in [0.2, 0.25) is 6.17 Å². The number of hydrogen-bond donors (Lipinski definition) is 0. The van der Waals surface area contributed by atoms with Crippen LogP contribution in [0.3, 0.4) is 0 Å². The summed E-state index contributed by atoms with van der Waals surface area (Å²) in [6.07, 6.45) is -29.4. The molecule has 3 unspecified atom stereocenters. The molecule has 0 aliphatic heterocycles. The molecule has 23 heavy (non-hydrogen) atoms. The van der Waals surface area contributed by atoms with Crippen molar-refractivity contribution in [3.05, 3.63) is 0 Å². The third-order valence-electron chi connectivity index (χ3n) is 2.83. The van der Waals surface area contributed by atoms with Crippen molar-refractivity contribution in [1.29, 1.82) is 0 Å². The Kier molecular flexibility index (Phi) is 5.97. The van der Waals surface area contributed by atoms with Crippen LogP contribution in [-0.4, -0.2) is 42.3 Å². The summed E-state index contributed by atoms with van der Waals surface area (Å²) in [6, 6.07) is 0. The Bertz CT molecular complexity index is 382. The van der Waals surface area contributed by atoms with Crippen molar-refractivity contribution in [1.82, 2.24) is 0 Å². The highest BCUT2D eigenvalue weighted by Gasteiger charge is 2.84. The standard InChI is InChI=1S/C10H10F12O/c1-3-4(2)23-7(13,10(20,21)22)5(11)6(12,8(14,15)16)9(17,18)19/h4-5H,3H2,1-2H3. The van der Waals surface area contributed by atoms with Crippen molar-refractivity contribution in [2.45, 2.75) is 62.6 Å². The maximum Gasteiger partial charge on any atom is 0.451 e. The molecular weight excluding hydrogens is 364 g/mol. The van der Waals surface area contributed by atoms with Crippen molar-refractivity contribution in [3.8, 4) is 0 Å². The van der Waals surface area contributed by atoms with Crippen LogP contribution in [0.1, 0.15) is 20.3 Å². The molecule has 0 aromatic rings. The number of ether oxygens (including phenoxy) is 1. The molecule has 13 heteroatoms. The quantitative estimate of drug-likeness (QED) is 0.601. The molecule has 140 valence electrons. The van der Waals surface area contributed by atoms with Crippen LogP contribution in [0.5, 0.6) is 0 Å². The molecule has 0 aromatic heterocycles. The van der Waals surface area contributed by atoms with Crippen molar-refractivity contribution < 1.29 is 57.4 Å². The third kappa shape index (κ3) is 3.79. The van der Waals surface area contributed by atoms with E-state index in [9.17, 15) is 52.7 Å². The van der Waals surface area contributed by atoms with Crippen LogP contribution in [0, 0.1) is 0 Å². The van der Waals surface area contributed by atoms with Gasteiger partial charge in [-0.1, -0.05) is 6.92 Å².